The second kappa shape index (κ2) is 10.4. The molecule has 2 fully saturated rings. The lowest BCUT2D eigenvalue weighted by Gasteiger charge is -2.15. The van der Waals surface area contributed by atoms with Gasteiger partial charge in [-0.15, -0.1) is 0 Å². The monoisotopic (exact) mass is 358 g/mol. The minimum absolute atomic E-state index is 0.0351. The Morgan fingerprint density at radius 2 is 1.44 bits per heavy atom. The molecule has 0 aliphatic carbocycles. The molecule has 0 N–H and O–H groups in total. The molecule has 0 aromatic rings. The number of rotatable bonds is 12. The molecule has 0 saturated carbocycles. The molecule has 0 bridgehead atoms. The van der Waals surface area contributed by atoms with Gasteiger partial charge in [-0.3, -0.25) is 0 Å². The van der Waals surface area contributed by atoms with Crippen molar-refractivity contribution in [3.63, 3.8) is 0 Å². The van der Waals surface area contributed by atoms with Gasteiger partial charge in [0.05, 0.1) is 39.6 Å². The van der Waals surface area contributed by atoms with Gasteiger partial charge < -0.3 is 28.4 Å². The number of epoxide rings is 2. The quantitative estimate of drug-likeness (QED) is 0.231. The zero-order valence-electron chi connectivity index (χ0n) is 16.4. The van der Waals surface area contributed by atoms with Crippen molar-refractivity contribution in [2.24, 2.45) is 0 Å². The first kappa shape index (κ1) is 22.3. The van der Waals surface area contributed by atoms with Crippen LogP contribution in [0.3, 0.4) is 0 Å². The van der Waals surface area contributed by atoms with Crippen molar-refractivity contribution < 1.29 is 28.4 Å². The van der Waals surface area contributed by atoms with Gasteiger partial charge in [0.15, 0.2) is 6.29 Å². The normalized spacial score (nSPS) is 27.9. The molecule has 6 heteroatoms. The fourth-order valence-electron chi connectivity index (χ4n) is 1.55. The van der Waals surface area contributed by atoms with E-state index in [4.69, 9.17) is 28.4 Å². The van der Waals surface area contributed by atoms with E-state index >= 15 is 0 Å². The molecular weight excluding hydrogens is 324 g/mol. The summed E-state index contributed by atoms with van der Waals surface area (Å²) < 4.78 is 31.4. The van der Waals surface area contributed by atoms with E-state index in [1.807, 2.05) is 34.6 Å². The van der Waals surface area contributed by atoms with Crippen LogP contribution in [0, 0.1) is 0 Å². The Hall–Kier alpha value is -0.760. The topological polar surface area (TPSA) is 62.0 Å². The van der Waals surface area contributed by atoms with E-state index in [0.29, 0.717) is 33.2 Å². The van der Waals surface area contributed by atoms with Crippen LogP contribution >= 0.6 is 0 Å². The minimum Gasteiger partial charge on any atom is -0.367 e. The standard InChI is InChI=1S/C10H18O3.C9H16O3/c1-8(2)5-11-9(3)12-6-10(4)7-13-10;1-8(2)4-10-7-11-5-9(3)6-12-9/h9H,1,5-7H2,2-4H3;1,4-7H2,2-3H3. The van der Waals surface area contributed by atoms with Gasteiger partial charge in [-0.2, -0.15) is 0 Å². The highest BCUT2D eigenvalue weighted by Gasteiger charge is 2.40. The molecule has 2 aliphatic heterocycles. The highest BCUT2D eigenvalue weighted by Crippen LogP contribution is 2.26. The first-order valence-corrected chi connectivity index (χ1v) is 8.59. The summed E-state index contributed by atoms with van der Waals surface area (Å²) in [6, 6.07) is 0. The molecule has 2 heterocycles. The predicted octanol–water partition coefficient (Wildman–Crippen LogP) is 3.07. The molecule has 2 rings (SSSR count). The van der Waals surface area contributed by atoms with Crippen molar-refractivity contribution in [2.75, 3.05) is 46.4 Å². The fourth-order valence-corrected chi connectivity index (χ4v) is 1.55. The van der Waals surface area contributed by atoms with Crippen LogP contribution in [0.4, 0.5) is 0 Å². The molecule has 0 aromatic carbocycles. The Bertz CT molecular complexity index is 426. The average molecular weight is 358 g/mol. The lowest BCUT2D eigenvalue weighted by Crippen LogP contribution is -2.22. The Morgan fingerprint density at radius 1 is 0.920 bits per heavy atom. The minimum atomic E-state index is -0.183. The third-order valence-electron chi connectivity index (χ3n) is 3.38. The Balaban J connectivity index is 0.000000251. The maximum Gasteiger partial charge on any atom is 0.155 e. The Kier molecular flexibility index (Phi) is 9.27. The summed E-state index contributed by atoms with van der Waals surface area (Å²) in [7, 11) is 0. The first-order chi connectivity index (χ1) is 11.6. The molecule has 0 amide bonds. The van der Waals surface area contributed by atoms with Crippen molar-refractivity contribution >= 4 is 0 Å². The smallest absolute Gasteiger partial charge is 0.155 e. The van der Waals surface area contributed by atoms with Gasteiger partial charge in [0, 0.05) is 0 Å². The van der Waals surface area contributed by atoms with Crippen LogP contribution in [0.2, 0.25) is 0 Å². The van der Waals surface area contributed by atoms with E-state index in [-0.39, 0.29) is 17.5 Å². The molecule has 0 spiro atoms. The van der Waals surface area contributed by atoms with Crippen molar-refractivity contribution in [1.82, 2.24) is 0 Å². The van der Waals surface area contributed by atoms with Crippen LogP contribution in [0.5, 0.6) is 0 Å². The van der Waals surface area contributed by atoms with Gasteiger partial charge in [0.1, 0.15) is 18.0 Å². The summed E-state index contributed by atoms with van der Waals surface area (Å²) in [6.07, 6.45) is -0.183. The van der Waals surface area contributed by atoms with Crippen LogP contribution in [0.25, 0.3) is 0 Å². The van der Waals surface area contributed by atoms with Crippen LogP contribution in [0.1, 0.15) is 34.6 Å². The van der Waals surface area contributed by atoms with E-state index in [2.05, 4.69) is 13.2 Å². The second-order valence-electron chi connectivity index (χ2n) is 7.40. The molecule has 0 aromatic heterocycles. The lowest BCUT2D eigenvalue weighted by atomic mass is 10.2. The van der Waals surface area contributed by atoms with Gasteiger partial charge in [0.25, 0.3) is 0 Å². The molecule has 6 nitrogen and oxygen atoms in total. The zero-order valence-corrected chi connectivity index (χ0v) is 16.4. The highest BCUT2D eigenvalue weighted by molar-refractivity contribution is 4.88. The van der Waals surface area contributed by atoms with E-state index < -0.39 is 0 Å². The predicted molar refractivity (Wildman–Crippen MR) is 96.5 cm³/mol. The summed E-state index contributed by atoms with van der Waals surface area (Å²) in [5, 5.41) is 0. The molecule has 3 atom stereocenters. The SMILES string of the molecule is C=C(C)COC(C)OCC1(C)CO1.C=C(C)COCOCC1(C)CO1. The lowest BCUT2D eigenvalue weighted by molar-refractivity contribution is -0.133. The largest absolute Gasteiger partial charge is 0.367 e. The molecule has 2 saturated heterocycles. The highest BCUT2D eigenvalue weighted by atomic mass is 16.7. The Labute approximate surface area is 152 Å². The van der Waals surface area contributed by atoms with Gasteiger partial charge in [0.2, 0.25) is 0 Å². The van der Waals surface area contributed by atoms with Gasteiger partial charge >= 0.3 is 0 Å². The number of ether oxygens (including phenoxy) is 6. The van der Waals surface area contributed by atoms with Crippen LogP contribution < -0.4 is 0 Å². The van der Waals surface area contributed by atoms with Crippen molar-refractivity contribution in [2.45, 2.75) is 52.1 Å². The first-order valence-electron chi connectivity index (χ1n) is 8.59. The van der Waals surface area contributed by atoms with Gasteiger partial charge in [-0.25, -0.2) is 0 Å². The summed E-state index contributed by atoms with van der Waals surface area (Å²) >= 11 is 0. The summed E-state index contributed by atoms with van der Waals surface area (Å²) in [5.41, 5.74) is 1.92. The molecule has 3 unspecified atom stereocenters. The maximum atomic E-state index is 5.43. The van der Waals surface area contributed by atoms with Crippen LogP contribution in [0.15, 0.2) is 24.3 Å². The molecule has 2 aliphatic rings. The summed E-state index contributed by atoms with van der Waals surface area (Å²) in [4.78, 5) is 0. The van der Waals surface area contributed by atoms with Gasteiger partial charge in [-0.1, -0.05) is 24.3 Å². The second-order valence-corrected chi connectivity index (χ2v) is 7.40. The third kappa shape index (κ3) is 12.3. The number of hydrogen-bond acceptors (Lipinski definition) is 6. The zero-order chi connectivity index (χ0) is 18.9. The third-order valence-corrected chi connectivity index (χ3v) is 3.38. The Morgan fingerprint density at radius 3 is 1.92 bits per heavy atom. The van der Waals surface area contributed by atoms with E-state index in [9.17, 15) is 0 Å². The summed E-state index contributed by atoms with van der Waals surface area (Å²) in [6.45, 7) is 21.5. The molecule has 0 radical (unpaired) electrons. The van der Waals surface area contributed by atoms with Crippen molar-refractivity contribution in [3.8, 4) is 0 Å². The molecular formula is C19H34O6. The van der Waals surface area contributed by atoms with Gasteiger partial charge in [-0.05, 0) is 34.6 Å². The fraction of sp³-hybridized carbons (Fsp3) is 0.789. The van der Waals surface area contributed by atoms with Crippen molar-refractivity contribution in [3.05, 3.63) is 24.3 Å². The summed E-state index contributed by atoms with van der Waals surface area (Å²) in [5.74, 6) is 0. The maximum absolute atomic E-state index is 5.43. The average Bonchev–Trinajstić information content (AvgIpc) is 3.44. The van der Waals surface area contributed by atoms with Crippen molar-refractivity contribution in [1.29, 1.82) is 0 Å². The number of hydrogen-bond donors (Lipinski definition) is 0. The van der Waals surface area contributed by atoms with E-state index in [0.717, 1.165) is 24.4 Å². The van der Waals surface area contributed by atoms with Crippen LogP contribution in [-0.2, 0) is 28.4 Å². The molecule has 25 heavy (non-hydrogen) atoms. The van der Waals surface area contributed by atoms with E-state index in [1.165, 1.54) is 0 Å². The van der Waals surface area contributed by atoms with Crippen LogP contribution in [-0.4, -0.2) is 63.9 Å². The van der Waals surface area contributed by atoms with E-state index in [1.54, 1.807) is 0 Å². The molecule has 146 valence electrons.